The van der Waals surface area contributed by atoms with E-state index in [-0.39, 0.29) is 29.5 Å². The molecule has 0 aromatic carbocycles. The SMILES string of the molecule is CCOC(=O)c1cnn(C)c1NC(=O)C(CC)Sc1nc(CC)cc(=O)[nH]1. The van der Waals surface area contributed by atoms with Gasteiger partial charge in [-0.2, -0.15) is 5.10 Å². The van der Waals surface area contributed by atoms with Crippen molar-refractivity contribution in [3.8, 4) is 0 Å². The first-order chi connectivity index (χ1) is 12.9. The van der Waals surface area contributed by atoms with E-state index in [4.69, 9.17) is 4.74 Å². The van der Waals surface area contributed by atoms with E-state index < -0.39 is 11.2 Å². The number of nitrogens with zero attached hydrogens (tertiary/aromatic N) is 3. The molecule has 1 amide bonds. The highest BCUT2D eigenvalue weighted by Gasteiger charge is 2.24. The van der Waals surface area contributed by atoms with Crippen LogP contribution in [0.5, 0.6) is 0 Å². The largest absolute Gasteiger partial charge is 0.462 e. The predicted octanol–water partition coefficient (Wildman–Crippen LogP) is 1.75. The fourth-order valence-electron chi connectivity index (χ4n) is 2.32. The van der Waals surface area contributed by atoms with Crippen molar-refractivity contribution < 1.29 is 14.3 Å². The molecule has 0 aliphatic rings. The summed E-state index contributed by atoms with van der Waals surface area (Å²) < 4.78 is 6.39. The van der Waals surface area contributed by atoms with Crippen molar-refractivity contribution in [1.29, 1.82) is 0 Å². The standard InChI is InChI=1S/C17H23N5O4S/c1-5-10-8-13(23)20-17(19-10)27-12(6-2)15(24)21-14-11(9-18-22(14)4)16(25)26-7-3/h8-9,12H,5-7H2,1-4H3,(H,21,24)(H,19,20,23). The second-order valence-corrected chi connectivity index (χ2v) is 6.84. The maximum atomic E-state index is 12.7. The van der Waals surface area contributed by atoms with Gasteiger partial charge in [-0.25, -0.2) is 9.78 Å². The normalized spacial score (nSPS) is 11.9. The molecule has 146 valence electrons. The average molecular weight is 393 g/mol. The molecule has 9 nitrogen and oxygen atoms in total. The van der Waals surface area contributed by atoms with Gasteiger partial charge in [0.25, 0.3) is 5.56 Å². The van der Waals surface area contributed by atoms with Gasteiger partial charge in [0.1, 0.15) is 11.4 Å². The van der Waals surface area contributed by atoms with Crippen LogP contribution in [0.15, 0.2) is 22.2 Å². The lowest BCUT2D eigenvalue weighted by Gasteiger charge is -2.15. The minimum atomic E-state index is -0.553. The van der Waals surface area contributed by atoms with Crippen molar-refractivity contribution in [2.75, 3.05) is 11.9 Å². The van der Waals surface area contributed by atoms with Gasteiger partial charge in [-0.05, 0) is 19.8 Å². The number of aryl methyl sites for hydroxylation is 2. The minimum absolute atomic E-state index is 0.187. The van der Waals surface area contributed by atoms with E-state index in [0.29, 0.717) is 23.7 Å². The third-order valence-corrected chi connectivity index (χ3v) is 4.98. The molecule has 2 heterocycles. The van der Waals surface area contributed by atoms with Gasteiger partial charge in [0.05, 0.1) is 18.1 Å². The highest BCUT2D eigenvalue weighted by Crippen LogP contribution is 2.24. The first-order valence-corrected chi connectivity index (χ1v) is 9.54. The topological polar surface area (TPSA) is 119 Å². The zero-order valence-electron chi connectivity index (χ0n) is 15.7. The van der Waals surface area contributed by atoms with E-state index in [2.05, 4.69) is 20.4 Å². The van der Waals surface area contributed by atoms with Gasteiger partial charge < -0.3 is 15.0 Å². The van der Waals surface area contributed by atoms with E-state index in [9.17, 15) is 14.4 Å². The Morgan fingerprint density at radius 1 is 1.37 bits per heavy atom. The molecule has 0 bridgehead atoms. The van der Waals surface area contributed by atoms with Crippen LogP contribution in [0.3, 0.4) is 0 Å². The molecule has 0 saturated carbocycles. The van der Waals surface area contributed by atoms with Gasteiger partial charge in [-0.1, -0.05) is 25.6 Å². The van der Waals surface area contributed by atoms with E-state index in [0.717, 1.165) is 0 Å². The van der Waals surface area contributed by atoms with Crippen LogP contribution in [0.25, 0.3) is 0 Å². The highest BCUT2D eigenvalue weighted by molar-refractivity contribution is 8.00. The first-order valence-electron chi connectivity index (χ1n) is 8.66. The number of anilines is 1. The van der Waals surface area contributed by atoms with Crippen molar-refractivity contribution in [1.82, 2.24) is 19.7 Å². The number of ether oxygens (including phenoxy) is 1. The van der Waals surface area contributed by atoms with Crippen molar-refractivity contribution in [3.63, 3.8) is 0 Å². The van der Waals surface area contributed by atoms with Crippen molar-refractivity contribution in [2.24, 2.45) is 7.05 Å². The summed E-state index contributed by atoms with van der Waals surface area (Å²) in [5, 5.41) is 6.62. The van der Waals surface area contributed by atoms with Gasteiger partial charge in [0.15, 0.2) is 5.16 Å². The maximum absolute atomic E-state index is 12.7. The number of carbonyl (C=O) groups excluding carboxylic acids is 2. The van der Waals surface area contributed by atoms with Gasteiger partial charge in [0, 0.05) is 18.8 Å². The summed E-state index contributed by atoms with van der Waals surface area (Å²) in [7, 11) is 1.62. The van der Waals surface area contributed by atoms with Gasteiger partial charge >= 0.3 is 5.97 Å². The molecule has 0 radical (unpaired) electrons. The zero-order valence-corrected chi connectivity index (χ0v) is 16.6. The molecule has 27 heavy (non-hydrogen) atoms. The summed E-state index contributed by atoms with van der Waals surface area (Å²) in [6.07, 6.45) is 2.48. The zero-order chi connectivity index (χ0) is 20.0. The molecule has 0 aliphatic carbocycles. The molecule has 0 fully saturated rings. The number of H-pyrrole nitrogens is 1. The molecule has 2 aromatic rings. The number of esters is 1. The Morgan fingerprint density at radius 3 is 2.74 bits per heavy atom. The molecule has 10 heteroatoms. The Morgan fingerprint density at radius 2 is 2.11 bits per heavy atom. The summed E-state index contributed by atoms with van der Waals surface area (Å²) in [6.45, 7) is 5.68. The van der Waals surface area contributed by atoms with Gasteiger partial charge in [0.2, 0.25) is 5.91 Å². The number of rotatable bonds is 8. The van der Waals surface area contributed by atoms with Gasteiger partial charge in [-0.15, -0.1) is 0 Å². The van der Waals surface area contributed by atoms with Crippen LogP contribution < -0.4 is 10.9 Å². The fourth-order valence-corrected chi connectivity index (χ4v) is 3.25. The number of amides is 1. The number of thioether (sulfide) groups is 1. The second kappa shape index (κ2) is 9.36. The fraction of sp³-hybridized carbons (Fsp3) is 0.471. The molecule has 1 atom stereocenters. The molecular weight excluding hydrogens is 370 g/mol. The molecule has 1 unspecified atom stereocenters. The van der Waals surface area contributed by atoms with E-state index >= 15 is 0 Å². The second-order valence-electron chi connectivity index (χ2n) is 5.65. The van der Waals surface area contributed by atoms with Crippen LogP contribution >= 0.6 is 11.8 Å². The smallest absolute Gasteiger partial charge is 0.343 e. The molecule has 0 spiro atoms. The summed E-state index contributed by atoms with van der Waals surface area (Å²) in [4.78, 5) is 43.4. The van der Waals surface area contributed by atoms with Crippen LogP contribution in [-0.4, -0.2) is 43.5 Å². The Hall–Kier alpha value is -2.62. The molecule has 0 aliphatic heterocycles. The molecule has 0 saturated heterocycles. The average Bonchev–Trinajstić information content (AvgIpc) is 2.99. The summed E-state index contributed by atoms with van der Waals surface area (Å²) in [5.74, 6) is -0.606. The lowest BCUT2D eigenvalue weighted by atomic mass is 10.3. The van der Waals surface area contributed by atoms with Crippen molar-refractivity contribution in [3.05, 3.63) is 33.9 Å². The van der Waals surface area contributed by atoms with E-state index in [1.54, 1.807) is 14.0 Å². The first kappa shape index (κ1) is 20.7. The quantitative estimate of drug-likeness (QED) is 0.398. The number of hydrogen-bond acceptors (Lipinski definition) is 7. The summed E-state index contributed by atoms with van der Waals surface area (Å²) >= 11 is 1.17. The Kier molecular flexibility index (Phi) is 7.17. The van der Waals surface area contributed by atoms with Crippen molar-refractivity contribution in [2.45, 2.75) is 44.0 Å². The molecule has 2 rings (SSSR count). The maximum Gasteiger partial charge on any atom is 0.343 e. The number of hydrogen-bond donors (Lipinski definition) is 2. The predicted molar refractivity (Wildman–Crippen MR) is 102 cm³/mol. The van der Waals surface area contributed by atoms with Gasteiger partial charge in [-0.3, -0.25) is 14.3 Å². The van der Waals surface area contributed by atoms with Crippen LogP contribution in [0.4, 0.5) is 5.82 Å². The van der Waals surface area contributed by atoms with Crippen LogP contribution in [0, 0.1) is 0 Å². The number of nitrogens with one attached hydrogen (secondary N) is 2. The van der Waals surface area contributed by atoms with E-state index in [1.165, 1.54) is 28.7 Å². The van der Waals surface area contributed by atoms with E-state index in [1.807, 2.05) is 13.8 Å². The number of aromatic amines is 1. The van der Waals surface area contributed by atoms with Crippen LogP contribution in [0.1, 0.15) is 43.2 Å². The van der Waals surface area contributed by atoms with Crippen LogP contribution in [-0.2, 0) is 23.0 Å². The molecular formula is C17H23N5O4S. The highest BCUT2D eigenvalue weighted by atomic mass is 32.2. The molecule has 2 N–H and O–H groups in total. The summed E-state index contributed by atoms with van der Waals surface area (Å²) in [5.41, 5.74) is 0.593. The molecule has 2 aromatic heterocycles. The number of carbonyl (C=O) groups is 2. The monoisotopic (exact) mass is 393 g/mol. The minimum Gasteiger partial charge on any atom is -0.462 e. The Labute approximate surface area is 160 Å². The Bertz CT molecular complexity index is 876. The third kappa shape index (κ3) is 5.19. The summed E-state index contributed by atoms with van der Waals surface area (Å²) in [6, 6.07) is 1.44. The third-order valence-electron chi connectivity index (χ3n) is 3.73. The Balaban J connectivity index is 2.19. The number of aromatic nitrogens is 4. The lowest BCUT2D eigenvalue weighted by molar-refractivity contribution is -0.115. The van der Waals surface area contributed by atoms with Crippen molar-refractivity contribution >= 4 is 29.5 Å². The van der Waals surface area contributed by atoms with Crippen LogP contribution in [0.2, 0.25) is 0 Å². The lowest BCUT2D eigenvalue weighted by Crippen LogP contribution is -2.27.